The molecule has 7 heteroatoms. The fraction of sp³-hybridized carbons (Fsp3) is 0.818. The number of aliphatic carboxylic acids is 1. The molecule has 0 aliphatic carbocycles. The Kier molecular flexibility index (Phi) is 11.5. The first-order chi connectivity index (χ1) is 8.66. The van der Waals surface area contributed by atoms with Crippen LogP contribution in [0.2, 0.25) is 0 Å². The van der Waals surface area contributed by atoms with Crippen LogP contribution >= 0.6 is 0 Å². The zero-order valence-corrected chi connectivity index (χ0v) is 10.6. The Balaban J connectivity index is 3.19. The second-order valence-corrected chi connectivity index (χ2v) is 3.51. The maximum absolute atomic E-state index is 11.2. The standard InChI is InChI=1S/C11H21NO6/c1-16-5-6-17-7-8-18-9-10(13)12-4-2-3-11(14)15/h2-9H2,1H3,(H,12,13)(H,14,15). The van der Waals surface area contributed by atoms with E-state index in [2.05, 4.69) is 5.32 Å². The number of carbonyl (C=O) groups excluding carboxylic acids is 1. The molecule has 0 atom stereocenters. The maximum Gasteiger partial charge on any atom is 0.303 e. The van der Waals surface area contributed by atoms with Crippen molar-refractivity contribution in [1.29, 1.82) is 0 Å². The van der Waals surface area contributed by atoms with Crippen molar-refractivity contribution in [1.82, 2.24) is 5.32 Å². The summed E-state index contributed by atoms with van der Waals surface area (Å²) in [5.41, 5.74) is 0. The second kappa shape index (κ2) is 12.3. The van der Waals surface area contributed by atoms with Crippen LogP contribution in [-0.4, -0.2) is 63.7 Å². The topological polar surface area (TPSA) is 94.1 Å². The highest BCUT2D eigenvalue weighted by Gasteiger charge is 2.01. The van der Waals surface area contributed by atoms with Crippen molar-refractivity contribution in [3.8, 4) is 0 Å². The summed E-state index contributed by atoms with van der Waals surface area (Å²) in [5, 5.41) is 10.9. The number of ether oxygens (including phenoxy) is 3. The van der Waals surface area contributed by atoms with Gasteiger partial charge in [-0.15, -0.1) is 0 Å². The molecule has 0 saturated heterocycles. The van der Waals surface area contributed by atoms with Crippen LogP contribution in [0.25, 0.3) is 0 Å². The van der Waals surface area contributed by atoms with Crippen LogP contribution in [-0.2, 0) is 23.8 Å². The normalized spacial score (nSPS) is 10.3. The van der Waals surface area contributed by atoms with Crippen LogP contribution in [0, 0.1) is 0 Å². The van der Waals surface area contributed by atoms with Crippen molar-refractivity contribution in [2.75, 3.05) is 46.7 Å². The Morgan fingerprint density at radius 1 is 1.11 bits per heavy atom. The fourth-order valence-electron chi connectivity index (χ4n) is 1.05. The molecule has 1 amide bonds. The molecule has 0 aliphatic heterocycles. The molecule has 7 nitrogen and oxygen atoms in total. The molecule has 0 radical (unpaired) electrons. The van der Waals surface area contributed by atoms with E-state index in [0.717, 1.165) is 0 Å². The highest BCUT2D eigenvalue weighted by molar-refractivity contribution is 5.77. The number of nitrogens with one attached hydrogen (secondary N) is 1. The molecule has 0 aromatic heterocycles. The van der Waals surface area contributed by atoms with Gasteiger partial charge in [-0.3, -0.25) is 9.59 Å². The predicted octanol–water partition coefficient (Wildman–Crippen LogP) is -0.353. The number of hydrogen-bond donors (Lipinski definition) is 2. The quantitative estimate of drug-likeness (QED) is 0.467. The van der Waals surface area contributed by atoms with Crippen molar-refractivity contribution >= 4 is 11.9 Å². The second-order valence-electron chi connectivity index (χ2n) is 3.51. The minimum absolute atomic E-state index is 0.0410. The minimum Gasteiger partial charge on any atom is -0.481 e. The summed E-state index contributed by atoms with van der Waals surface area (Å²) >= 11 is 0. The van der Waals surface area contributed by atoms with Gasteiger partial charge in [-0.25, -0.2) is 0 Å². The van der Waals surface area contributed by atoms with Crippen LogP contribution in [0.15, 0.2) is 0 Å². The zero-order valence-electron chi connectivity index (χ0n) is 10.6. The number of methoxy groups -OCH3 is 1. The molecular weight excluding hydrogens is 242 g/mol. The predicted molar refractivity (Wildman–Crippen MR) is 63.4 cm³/mol. The molecule has 0 aromatic carbocycles. The monoisotopic (exact) mass is 263 g/mol. The molecular formula is C11H21NO6. The van der Waals surface area contributed by atoms with Crippen molar-refractivity contribution in [3.05, 3.63) is 0 Å². The molecule has 0 rings (SSSR count). The number of carboxylic acid groups (broad SMARTS) is 1. The van der Waals surface area contributed by atoms with E-state index in [-0.39, 0.29) is 18.9 Å². The summed E-state index contributed by atoms with van der Waals surface area (Å²) in [5.74, 6) is -1.12. The Hall–Kier alpha value is -1.18. The van der Waals surface area contributed by atoms with Gasteiger partial charge < -0.3 is 24.6 Å². The lowest BCUT2D eigenvalue weighted by Gasteiger charge is -2.06. The molecule has 0 aromatic rings. The summed E-state index contributed by atoms with van der Waals surface area (Å²) in [6, 6.07) is 0. The van der Waals surface area contributed by atoms with Crippen LogP contribution < -0.4 is 5.32 Å². The Morgan fingerprint density at radius 3 is 2.44 bits per heavy atom. The highest BCUT2D eigenvalue weighted by atomic mass is 16.5. The van der Waals surface area contributed by atoms with E-state index >= 15 is 0 Å². The first kappa shape index (κ1) is 16.8. The van der Waals surface area contributed by atoms with Gasteiger partial charge >= 0.3 is 5.97 Å². The first-order valence-electron chi connectivity index (χ1n) is 5.79. The third-order valence-electron chi connectivity index (χ3n) is 1.93. The Morgan fingerprint density at radius 2 is 1.78 bits per heavy atom. The molecule has 0 unspecified atom stereocenters. The van der Waals surface area contributed by atoms with Gasteiger partial charge in [-0.1, -0.05) is 0 Å². The van der Waals surface area contributed by atoms with Crippen LogP contribution in [0.5, 0.6) is 0 Å². The zero-order chi connectivity index (χ0) is 13.6. The summed E-state index contributed by atoms with van der Waals surface area (Å²) in [6.45, 7) is 2.09. The van der Waals surface area contributed by atoms with Crippen molar-refractivity contribution in [3.63, 3.8) is 0 Å². The molecule has 2 N–H and O–H groups in total. The number of hydrogen-bond acceptors (Lipinski definition) is 5. The van der Waals surface area contributed by atoms with Crippen molar-refractivity contribution < 1.29 is 28.9 Å². The molecule has 0 saturated carbocycles. The molecule has 0 heterocycles. The van der Waals surface area contributed by atoms with E-state index in [1.54, 1.807) is 7.11 Å². The van der Waals surface area contributed by atoms with E-state index in [1.807, 2.05) is 0 Å². The van der Waals surface area contributed by atoms with Gasteiger partial charge in [-0.2, -0.15) is 0 Å². The van der Waals surface area contributed by atoms with E-state index < -0.39 is 5.97 Å². The average Bonchev–Trinajstić information content (AvgIpc) is 2.33. The maximum atomic E-state index is 11.2. The summed E-state index contributed by atoms with van der Waals surface area (Å²) in [7, 11) is 1.59. The van der Waals surface area contributed by atoms with E-state index in [9.17, 15) is 9.59 Å². The Bertz CT molecular complexity index is 234. The Labute approximate surface area is 106 Å². The van der Waals surface area contributed by atoms with Gasteiger partial charge in [0.1, 0.15) is 6.61 Å². The molecule has 0 fully saturated rings. The molecule has 0 spiro atoms. The lowest BCUT2D eigenvalue weighted by Crippen LogP contribution is -2.29. The number of amides is 1. The summed E-state index contributed by atoms with van der Waals surface area (Å²) < 4.78 is 15.0. The lowest BCUT2D eigenvalue weighted by atomic mass is 10.3. The van der Waals surface area contributed by atoms with E-state index in [1.165, 1.54) is 0 Å². The first-order valence-corrected chi connectivity index (χ1v) is 5.79. The number of carbonyl (C=O) groups is 2. The van der Waals surface area contributed by atoms with E-state index in [4.69, 9.17) is 19.3 Å². The summed E-state index contributed by atoms with van der Waals surface area (Å²) in [4.78, 5) is 21.4. The van der Waals surface area contributed by atoms with Crippen LogP contribution in [0.1, 0.15) is 12.8 Å². The largest absolute Gasteiger partial charge is 0.481 e. The van der Waals surface area contributed by atoms with Gasteiger partial charge in [0.2, 0.25) is 5.91 Å². The lowest BCUT2D eigenvalue weighted by molar-refractivity contribution is -0.137. The molecule has 0 aliphatic rings. The smallest absolute Gasteiger partial charge is 0.303 e. The third-order valence-corrected chi connectivity index (χ3v) is 1.93. The number of rotatable bonds is 12. The SMILES string of the molecule is COCCOCCOCC(=O)NCCCC(=O)O. The highest BCUT2D eigenvalue weighted by Crippen LogP contribution is 1.86. The minimum atomic E-state index is -0.867. The molecule has 0 bridgehead atoms. The van der Waals surface area contributed by atoms with Gasteiger partial charge in [0, 0.05) is 20.1 Å². The van der Waals surface area contributed by atoms with Gasteiger partial charge in [0.05, 0.1) is 26.4 Å². The average molecular weight is 263 g/mol. The van der Waals surface area contributed by atoms with Gasteiger partial charge in [0.25, 0.3) is 0 Å². The fourth-order valence-corrected chi connectivity index (χ4v) is 1.05. The summed E-state index contributed by atoms with van der Waals surface area (Å²) in [6.07, 6.45) is 0.468. The number of carboxylic acids is 1. The van der Waals surface area contributed by atoms with Crippen LogP contribution in [0.4, 0.5) is 0 Å². The van der Waals surface area contributed by atoms with Gasteiger partial charge in [0.15, 0.2) is 0 Å². The van der Waals surface area contributed by atoms with Crippen LogP contribution in [0.3, 0.4) is 0 Å². The van der Waals surface area contributed by atoms with Crippen molar-refractivity contribution in [2.24, 2.45) is 0 Å². The van der Waals surface area contributed by atoms with Gasteiger partial charge in [-0.05, 0) is 6.42 Å². The molecule has 18 heavy (non-hydrogen) atoms. The third kappa shape index (κ3) is 12.9. The van der Waals surface area contributed by atoms with Crippen molar-refractivity contribution in [2.45, 2.75) is 12.8 Å². The van der Waals surface area contributed by atoms with E-state index in [0.29, 0.717) is 39.4 Å². The molecule has 106 valence electrons.